The zero-order valence-corrected chi connectivity index (χ0v) is 20.0. The van der Waals surface area contributed by atoms with Gasteiger partial charge in [-0.15, -0.1) is 0 Å². The second kappa shape index (κ2) is 10.7. The van der Waals surface area contributed by atoms with Crippen molar-refractivity contribution in [3.8, 4) is 0 Å². The number of carbonyl (C=O) groups is 2. The number of nitrogen functional groups attached to an aromatic ring is 1. The monoisotopic (exact) mass is 500 g/mol. The third-order valence-corrected chi connectivity index (χ3v) is 6.68. The van der Waals surface area contributed by atoms with Crippen molar-refractivity contribution >= 4 is 44.6 Å². The fourth-order valence-corrected chi connectivity index (χ4v) is 4.48. The maximum atomic E-state index is 12.6. The first-order chi connectivity index (χ1) is 17.3. The predicted molar refractivity (Wildman–Crippen MR) is 141 cm³/mol. The molecule has 2 amide bonds. The van der Waals surface area contributed by atoms with Crippen molar-refractivity contribution in [3.05, 3.63) is 114 Å². The number of amides is 2. The van der Waals surface area contributed by atoms with Crippen LogP contribution in [-0.4, -0.2) is 20.2 Å². The molecular formula is C27H24N4O4S. The quantitative estimate of drug-likeness (QED) is 0.265. The Morgan fingerprint density at radius 1 is 0.667 bits per heavy atom. The van der Waals surface area contributed by atoms with Gasteiger partial charge in [-0.05, 0) is 72.3 Å². The molecule has 5 N–H and O–H groups in total. The Balaban J connectivity index is 1.34. The lowest BCUT2D eigenvalue weighted by atomic mass is 10.1. The Kier molecular flexibility index (Phi) is 7.31. The highest BCUT2D eigenvalue weighted by atomic mass is 32.2. The van der Waals surface area contributed by atoms with Crippen molar-refractivity contribution in [1.29, 1.82) is 0 Å². The molecule has 0 saturated carbocycles. The molecule has 0 radical (unpaired) electrons. The molecule has 0 bridgehead atoms. The van der Waals surface area contributed by atoms with Gasteiger partial charge in [-0.1, -0.05) is 36.4 Å². The predicted octanol–water partition coefficient (Wildman–Crippen LogP) is 4.50. The Bertz CT molecular complexity index is 1470. The van der Waals surface area contributed by atoms with Crippen molar-refractivity contribution < 1.29 is 18.0 Å². The third kappa shape index (κ3) is 6.28. The van der Waals surface area contributed by atoms with Gasteiger partial charge in [0.25, 0.3) is 15.9 Å². The second-order valence-corrected chi connectivity index (χ2v) is 9.63. The van der Waals surface area contributed by atoms with E-state index in [-0.39, 0.29) is 23.1 Å². The molecule has 8 nitrogen and oxygen atoms in total. The molecule has 0 aliphatic rings. The number of rotatable bonds is 8. The third-order valence-electron chi connectivity index (χ3n) is 5.29. The van der Waals surface area contributed by atoms with Gasteiger partial charge in [-0.25, -0.2) is 8.42 Å². The fraction of sp³-hybridized carbons (Fsp3) is 0.0370. The summed E-state index contributed by atoms with van der Waals surface area (Å²) < 4.78 is 27.6. The van der Waals surface area contributed by atoms with Gasteiger partial charge in [-0.3, -0.25) is 14.3 Å². The van der Waals surface area contributed by atoms with Crippen molar-refractivity contribution in [2.75, 3.05) is 21.1 Å². The minimum Gasteiger partial charge on any atom is -0.398 e. The van der Waals surface area contributed by atoms with Crippen LogP contribution in [0.25, 0.3) is 0 Å². The lowest BCUT2D eigenvalue weighted by Crippen LogP contribution is -2.16. The number of sulfonamides is 1. The summed E-state index contributed by atoms with van der Waals surface area (Å²) >= 11 is 0. The Morgan fingerprint density at radius 3 is 1.92 bits per heavy atom. The lowest BCUT2D eigenvalue weighted by molar-refractivity contribution is -0.115. The molecule has 0 aliphatic carbocycles. The number of carbonyl (C=O) groups excluding carboxylic acids is 2. The van der Waals surface area contributed by atoms with Crippen LogP contribution in [0.4, 0.5) is 22.7 Å². The van der Waals surface area contributed by atoms with Gasteiger partial charge >= 0.3 is 0 Å². The van der Waals surface area contributed by atoms with Crippen molar-refractivity contribution in [2.24, 2.45) is 0 Å². The Hall–Kier alpha value is -4.63. The van der Waals surface area contributed by atoms with Gasteiger partial charge in [0, 0.05) is 28.3 Å². The van der Waals surface area contributed by atoms with Crippen LogP contribution in [0.5, 0.6) is 0 Å². The molecule has 182 valence electrons. The summed E-state index contributed by atoms with van der Waals surface area (Å²) in [5, 5.41) is 5.51. The van der Waals surface area contributed by atoms with Crippen LogP contribution < -0.4 is 21.1 Å². The maximum Gasteiger partial charge on any atom is 0.261 e. The van der Waals surface area contributed by atoms with Crippen LogP contribution in [0.3, 0.4) is 0 Å². The summed E-state index contributed by atoms with van der Waals surface area (Å²) in [5.41, 5.74) is 9.00. The van der Waals surface area contributed by atoms with Gasteiger partial charge in [0.1, 0.15) is 0 Å². The summed E-state index contributed by atoms with van der Waals surface area (Å²) in [6.45, 7) is 0. The Morgan fingerprint density at radius 2 is 1.25 bits per heavy atom. The molecule has 0 aliphatic heterocycles. The second-order valence-electron chi connectivity index (χ2n) is 7.95. The van der Waals surface area contributed by atoms with Crippen molar-refractivity contribution in [2.45, 2.75) is 11.3 Å². The van der Waals surface area contributed by atoms with Crippen LogP contribution in [0.15, 0.2) is 108 Å². The van der Waals surface area contributed by atoms with E-state index in [2.05, 4.69) is 15.4 Å². The summed E-state index contributed by atoms with van der Waals surface area (Å²) in [6.07, 6.45) is 0.140. The molecular weight excluding hydrogens is 476 g/mol. The lowest BCUT2D eigenvalue weighted by Gasteiger charge is -2.10. The first-order valence-electron chi connectivity index (χ1n) is 11.0. The van der Waals surface area contributed by atoms with Gasteiger partial charge in [0.05, 0.1) is 11.3 Å². The molecule has 4 aromatic carbocycles. The van der Waals surface area contributed by atoms with E-state index in [0.717, 1.165) is 5.56 Å². The normalized spacial score (nSPS) is 10.9. The zero-order chi connectivity index (χ0) is 25.5. The van der Waals surface area contributed by atoms with E-state index in [1.165, 1.54) is 24.3 Å². The highest BCUT2D eigenvalue weighted by Gasteiger charge is 2.15. The molecule has 0 fully saturated rings. The summed E-state index contributed by atoms with van der Waals surface area (Å²) in [5.74, 6) is -0.593. The number of hydrogen-bond donors (Lipinski definition) is 4. The fourth-order valence-electron chi connectivity index (χ4n) is 3.42. The van der Waals surface area contributed by atoms with E-state index in [9.17, 15) is 18.0 Å². The molecule has 4 rings (SSSR count). The highest BCUT2D eigenvalue weighted by Crippen LogP contribution is 2.19. The smallest absolute Gasteiger partial charge is 0.261 e. The number of nitrogens with two attached hydrogens (primary N) is 1. The van der Waals surface area contributed by atoms with E-state index in [4.69, 9.17) is 5.73 Å². The maximum absolute atomic E-state index is 12.6. The summed E-state index contributed by atoms with van der Waals surface area (Å²) in [6, 6.07) is 28.0. The molecule has 0 unspecified atom stereocenters. The highest BCUT2D eigenvalue weighted by molar-refractivity contribution is 7.92. The van der Waals surface area contributed by atoms with Crippen LogP contribution in [0.2, 0.25) is 0 Å². The van der Waals surface area contributed by atoms with Gasteiger partial charge in [-0.2, -0.15) is 0 Å². The number of nitrogens with one attached hydrogen (secondary N) is 3. The Labute approximate surface area is 209 Å². The molecule has 0 saturated heterocycles. The van der Waals surface area contributed by atoms with Crippen LogP contribution in [0.1, 0.15) is 15.9 Å². The zero-order valence-electron chi connectivity index (χ0n) is 19.1. The van der Waals surface area contributed by atoms with Gasteiger partial charge in [0.15, 0.2) is 0 Å². The number of para-hydroxylation sites is 2. The summed E-state index contributed by atoms with van der Waals surface area (Å²) in [4.78, 5) is 25.0. The average Bonchev–Trinajstić information content (AvgIpc) is 2.86. The van der Waals surface area contributed by atoms with Gasteiger partial charge < -0.3 is 16.4 Å². The van der Waals surface area contributed by atoms with E-state index >= 15 is 0 Å². The molecule has 36 heavy (non-hydrogen) atoms. The van der Waals surface area contributed by atoms with E-state index in [0.29, 0.717) is 28.3 Å². The molecule has 0 heterocycles. The van der Waals surface area contributed by atoms with E-state index in [1.807, 2.05) is 6.07 Å². The molecule has 9 heteroatoms. The molecule has 0 spiro atoms. The topological polar surface area (TPSA) is 130 Å². The van der Waals surface area contributed by atoms with E-state index < -0.39 is 10.0 Å². The number of hydrogen-bond acceptors (Lipinski definition) is 5. The van der Waals surface area contributed by atoms with Crippen LogP contribution in [-0.2, 0) is 21.2 Å². The van der Waals surface area contributed by atoms with Crippen LogP contribution >= 0.6 is 0 Å². The average molecular weight is 501 g/mol. The minimum atomic E-state index is -3.75. The standard InChI is InChI=1S/C27H24N4O4S/c28-25-9-5-4-6-20(25)18-26(32)29-21-12-10-19(11-13-21)27(33)30-22-14-16-24(17-15-22)36(34,35)31-23-7-2-1-3-8-23/h1-17,31H,18,28H2,(H,29,32)(H,30,33). The largest absolute Gasteiger partial charge is 0.398 e. The van der Waals surface area contributed by atoms with E-state index in [1.54, 1.807) is 72.8 Å². The first kappa shape index (κ1) is 24.5. The molecule has 0 aromatic heterocycles. The van der Waals surface area contributed by atoms with Crippen molar-refractivity contribution in [3.63, 3.8) is 0 Å². The van der Waals surface area contributed by atoms with Gasteiger partial charge in [0.2, 0.25) is 5.91 Å². The summed E-state index contributed by atoms with van der Waals surface area (Å²) in [7, 11) is -3.75. The SMILES string of the molecule is Nc1ccccc1CC(=O)Nc1ccc(C(=O)Nc2ccc(S(=O)(=O)Nc3ccccc3)cc2)cc1. The number of anilines is 4. The molecule has 4 aromatic rings. The van der Waals surface area contributed by atoms with Crippen LogP contribution in [0, 0.1) is 0 Å². The first-order valence-corrected chi connectivity index (χ1v) is 12.5. The number of benzene rings is 4. The minimum absolute atomic E-state index is 0.0710. The van der Waals surface area contributed by atoms with Crippen molar-refractivity contribution in [1.82, 2.24) is 0 Å². The molecule has 0 atom stereocenters.